The summed E-state index contributed by atoms with van der Waals surface area (Å²) < 4.78 is 25.8. The van der Waals surface area contributed by atoms with Crippen LogP contribution in [-0.4, -0.2) is 18.6 Å². The van der Waals surface area contributed by atoms with Gasteiger partial charge in [-0.2, -0.15) is 0 Å². The lowest BCUT2D eigenvalue weighted by atomic mass is 9.83. The molecule has 0 amide bonds. The molecule has 3 aromatic rings. The van der Waals surface area contributed by atoms with Crippen LogP contribution >= 0.6 is 0 Å². The highest BCUT2D eigenvalue weighted by Gasteiger charge is 2.59. The molecule has 1 aliphatic carbocycles. The summed E-state index contributed by atoms with van der Waals surface area (Å²) in [6.07, 6.45) is 0. The van der Waals surface area contributed by atoms with E-state index in [1.165, 1.54) is 12.1 Å². The topological polar surface area (TPSA) is 74.6 Å². The number of hydrogen-bond donors (Lipinski definition) is 2. The number of phenolic OH excluding ortho intramolecular Hbond substituents is 2. The van der Waals surface area contributed by atoms with Crippen LogP contribution in [0.4, 0.5) is 0 Å². The van der Waals surface area contributed by atoms with E-state index in [2.05, 4.69) is 0 Å². The molecule has 0 radical (unpaired) electrons. The van der Waals surface area contributed by atoms with Crippen molar-refractivity contribution in [3.05, 3.63) is 82.4 Å². The molecule has 0 fully saturated rings. The maximum absolute atomic E-state index is 13.6. The Hall–Kier alpha value is -2.79. The Morgan fingerprint density at radius 2 is 1.46 bits per heavy atom. The molecule has 1 aliphatic heterocycles. The van der Waals surface area contributed by atoms with Gasteiger partial charge in [0, 0.05) is 0 Å². The van der Waals surface area contributed by atoms with Crippen molar-refractivity contribution in [1.29, 1.82) is 0 Å². The van der Waals surface area contributed by atoms with Gasteiger partial charge in [-0.25, -0.2) is 8.42 Å². The van der Waals surface area contributed by atoms with Crippen LogP contribution in [-0.2, 0) is 20.3 Å². The van der Waals surface area contributed by atoms with Crippen LogP contribution in [0.1, 0.15) is 27.8 Å². The van der Waals surface area contributed by atoms with Gasteiger partial charge in [-0.1, -0.05) is 30.3 Å². The predicted molar refractivity (Wildman–Crippen MR) is 98.9 cm³/mol. The van der Waals surface area contributed by atoms with Crippen LogP contribution in [0.2, 0.25) is 0 Å². The molecule has 2 aliphatic rings. The molecular weight excluding hydrogens is 348 g/mol. The van der Waals surface area contributed by atoms with E-state index in [0.29, 0.717) is 22.3 Å². The van der Waals surface area contributed by atoms with Gasteiger partial charge in [-0.05, 0) is 70.1 Å². The Bertz CT molecular complexity index is 1160. The van der Waals surface area contributed by atoms with Crippen molar-refractivity contribution in [2.75, 3.05) is 0 Å². The normalized spacial score (nSPS) is 17.7. The molecule has 0 atom stereocenters. The van der Waals surface area contributed by atoms with E-state index in [4.69, 9.17) is 0 Å². The van der Waals surface area contributed by atoms with Crippen molar-refractivity contribution < 1.29 is 18.6 Å². The van der Waals surface area contributed by atoms with Gasteiger partial charge in [0.05, 0.1) is 5.75 Å². The second-order valence-electron chi connectivity index (χ2n) is 7.01. The summed E-state index contributed by atoms with van der Waals surface area (Å²) in [5, 5.41) is 20.0. The van der Waals surface area contributed by atoms with Gasteiger partial charge in [0.15, 0.2) is 9.84 Å². The maximum atomic E-state index is 13.6. The van der Waals surface area contributed by atoms with Crippen molar-refractivity contribution in [3.8, 4) is 22.6 Å². The van der Waals surface area contributed by atoms with Gasteiger partial charge in [0.2, 0.25) is 0 Å². The molecule has 0 saturated carbocycles. The largest absolute Gasteiger partial charge is 0.508 e. The molecule has 26 heavy (non-hydrogen) atoms. The third kappa shape index (κ3) is 1.62. The lowest BCUT2D eigenvalue weighted by molar-refractivity contribution is 0.474. The highest BCUT2D eigenvalue weighted by Crippen LogP contribution is 2.61. The zero-order valence-electron chi connectivity index (χ0n) is 14.0. The quantitative estimate of drug-likeness (QED) is 0.639. The van der Waals surface area contributed by atoms with E-state index >= 15 is 0 Å². The molecule has 5 heteroatoms. The number of aryl methyl sites for hydroxylation is 1. The molecule has 1 spiro atoms. The number of sulfone groups is 1. The maximum Gasteiger partial charge on any atom is 0.172 e. The van der Waals surface area contributed by atoms with Gasteiger partial charge in [0.25, 0.3) is 0 Å². The first kappa shape index (κ1) is 15.5. The summed E-state index contributed by atoms with van der Waals surface area (Å²) in [5.74, 6) is 0.107. The van der Waals surface area contributed by atoms with Crippen LogP contribution in [0.3, 0.4) is 0 Å². The highest BCUT2D eigenvalue weighted by atomic mass is 32.2. The van der Waals surface area contributed by atoms with Crippen LogP contribution in [0, 0.1) is 6.92 Å². The first-order valence-electron chi connectivity index (χ1n) is 8.35. The fourth-order valence-corrected chi connectivity index (χ4v) is 7.19. The Morgan fingerprint density at radius 3 is 2.04 bits per heavy atom. The second kappa shape index (κ2) is 4.68. The molecule has 0 bridgehead atoms. The van der Waals surface area contributed by atoms with Crippen LogP contribution in [0.5, 0.6) is 11.5 Å². The number of rotatable bonds is 0. The molecule has 2 N–H and O–H groups in total. The minimum atomic E-state index is -3.58. The lowest BCUT2D eigenvalue weighted by Crippen LogP contribution is -2.33. The molecular formula is C21H16O4S. The van der Waals surface area contributed by atoms with Crippen LogP contribution in [0.25, 0.3) is 11.1 Å². The lowest BCUT2D eigenvalue weighted by Gasteiger charge is -2.28. The fraction of sp³-hybridized carbons (Fsp3) is 0.143. The van der Waals surface area contributed by atoms with Gasteiger partial charge in [0.1, 0.15) is 16.2 Å². The van der Waals surface area contributed by atoms with Gasteiger partial charge in [-0.15, -0.1) is 0 Å². The summed E-state index contributed by atoms with van der Waals surface area (Å²) in [4.78, 5) is 0. The Balaban J connectivity index is 2.04. The summed E-state index contributed by atoms with van der Waals surface area (Å²) in [6.45, 7) is 1.93. The van der Waals surface area contributed by atoms with E-state index in [0.717, 1.165) is 16.7 Å². The van der Waals surface area contributed by atoms with E-state index in [1.54, 1.807) is 24.3 Å². The predicted octanol–water partition coefficient (Wildman–Crippen LogP) is 3.61. The monoisotopic (exact) mass is 364 g/mol. The van der Waals surface area contributed by atoms with E-state index < -0.39 is 14.6 Å². The molecule has 0 aromatic heterocycles. The average Bonchev–Trinajstić information content (AvgIpc) is 2.99. The van der Waals surface area contributed by atoms with E-state index in [1.807, 2.05) is 25.1 Å². The van der Waals surface area contributed by atoms with Gasteiger partial charge in [-0.3, -0.25) is 0 Å². The summed E-state index contributed by atoms with van der Waals surface area (Å²) >= 11 is 0. The average molecular weight is 364 g/mol. The summed E-state index contributed by atoms with van der Waals surface area (Å²) in [7, 11) is -3.58. The molecule has 0 unspecified atom stereocenters. The molecule has 0 saturated heterocycles. The van der Waals surface area contributed by atoms with Crippen molar-refractivity contribution in [2.24, 2.45) is 0 Å². The first-order valence-corrected chi connectivity index (χ1v) is 10.00. The van der Waals surface area contributed by atoms with Crippen LogP contribution in [0.15, 0.2) is 54.6 Å². The Kier molecular flexibility index (Phi) is 2.78. The molecule has 5 rings (SSSR count). The SMILES string of the molecule is Cc1cccc2c1C1(c3ccc(O)cc3-c3cc(O)ccc31)S(=O)(=O)C2. The highest BCUT2D eigenvalue weighted by molar-refractivity contribution is 7.92. The molecule has 130 valence electrons. The van der Waals surface area contributed by atoms with Crippen LogP contribution < -0.4 is 0 Å². The molecule has 1 heterocycles. The number of aromatic hydroxyl groups is 2. The van der Waals surface area contributed by atoms with Gasteiger partial charge >= 0.3 is 0 Å². The first-order chi connectivity index (χ1) is 12.4. The molecule has 3 aromatic carbocycles. The van der Waals surface area contributed by atoms with E-state index in [-0.39, 0.29) is 17.3 Å². The van der Waals surface area contributed by atoms with Crippen molar-refractivity contribution in [1.82, 2.24) is 0 Å². The van der Waals surface area contributed by atoms with E-state index in [9.17, 15) is 18.6 Å². The summed E-state index contributed by atoms with van der Waals surface area (Å²) in [6, 6.07) is 15.3. The minimum absolute atomic E-state index is 0.0232. The number of phenols is 2. The third-order valence-corrected chi connectivity index (χ3v) is 7.85. The number of hydrogen-bond acceptors (Lipinski definition) is 4. The van der Waals surface area contributed by atoms with Crippen molar-refractivity contribution in [3.63, 3.8) is 0 Å². The summed E-state index contributed by atoms with van der Waals surface area (Å²) in [5.41, 5.74) is 5.11. The zero-order valence-corrected chi connectivity index (χ0v) is 14.8. The fourth-order valence-electron chi connectivity index (χ4n) is 4.69. The smallest absolute Gasteiger partial charge is 0.172 e. The zero-order chi connectivity index (χ0) is 18.3. The van der Waals surface area contributed by atoms with Gasteiger partial charge < -0.3 is 10.2 Å². The standard InChI is InChI=1S/C21H16O4S/c1-12-3-2-4-13-11-26(24,25)21(20(12)13)18-7-5-14(22)9-16(18)17-10-15(23)6-8-19(17)21/h2-10,22-23H,11H2,1H3. The number of benzene rings is 3. The third-order valence-electron chi connectivity index (χ3n) is 5.58. The number of fused-ring (bicyclic) bond motifs is 7. The minimum Gasteiger partial charge on any atom is -0.508 e. The van der Waals surface area contributed by atoms with Crippen molar-refractivity contribution in [2.45, 2.75) is 17.4 Å². The Labute approximate surface area is 151 Å². The van der Waals surface area contributed by atoms with Crippen molar-refractivity contribution >= 4 is 9.84 Å². The second-order valence-corrected chi connectivity index (χ2v) is 9.14. The molecule has 4 nitrogen and oxygen atoms in total. The Morgan fingerprint density at radius 1 is 0.885 bits per heavy atom.